The first-order valence-corrected chi connectivity index (χ1v) is 4.03. The second-order valence-electron chi connectivity index (χ2n) is 2.73. The molecule has 0 spiro atoms. The van der Waals surface area contributed by atoms with E-state index in [9.17, 15) is 20.0 Å². The summed E-state index contributed by atoms with van der Waals surface area (Å²) in [5.41, 5.74) is 0. The summed E-state index contributed by atoms with van der Waals surface area (Å²) in [7, 11) is 1.18. The fourth-order valence-electron chi connectivity index (χ4n) is 0.961. The Morgan fingerprint density at radius 1 is 1.73 bits per heavy atom. The van der Waals surface area contributed by atoms with E-state index >= 15 is 0 Å². The number of esters is 1. The molecule has 7 nitrogen and oxygen atoms in total. The van der Waals surface area contributed by atoms with E-state index in [1.807, 2.05) is 0 Å². The Morgan fingerprint density at radius 3 is 2.87 bits per heavy atom. The SMILES string of the molecule is COC(=O)C[C@@H](O)c1ccc([N+](=O)[O-])o1. The van der Waals surface area contributed by atoms with Gasteiger partial charge in [0, 0.05) is 0 Å². The lowest BCUT2D eigenvalue weighted by Gasteiger charge is -2.04. The van der Waals surface area contributed by atoms with Gasteiger partial charge in [0.15, 0.2) is 0 Å². The van der Waals surface area contributed by atoms with Gasteiger partial charge in [-0.25, -0.2) is 0 Å². The number of nitrogens with zero attached hydrogens (tertiary/aromatic N) is 1. The van der Waals surface area contributed by atoms with Crippen LogP contribution in [0.3, 0.4) is 0 Å². The van der Waals surface area contributed by atoms with Gasteiger partial charge in [-0.15, -0.1) is 0 Å². The fraction of sp³-hybridized carbons (Fsp3) is 0.375. The fourth-order valence-corrected chi connectivity index (χ4v) is 0.961. The summed E-state index contributed by atoms with van der Waals surface area (Å²) in [4.78, 5) is 20.3. The zero-order valence-electron chi connectivity index (χ0n) is 7.87. The summed E-state index contributed by atoms with van der Waals surface area (Å²) in [5, 5.41) is 19.7. The molecule has 0 amide bonds. The van der Waals surface area contributed by atoms with Crippen LogP contribution < -0.4 is 0 Å². The molecule has 0 aliphatic rings. The van der Waals surface area contributed by atoms with E-state index in [2.05, 4.69) is 4.74 Å². The Labute approximate surface area is 84.4 Å². The Bertz CT molecular complexity index is 371. The van der Waals surface area contributed by atoms with Gasteiger partial charge >= 0.3 is 11.9 Å². The maximum absolute atomic E-state index is 10.8. The molecular formula is C8H9NO6. The normalized spacial score (nSPS) is 12.1. The molecule has 1 aromatic heterocycles. The van der Waals surface area contributed by atoms with Crippen molar-refractivity contribution in [3.05, 3.63) is 28.0 Å². The van der Waals surface area contributed by atoms with Crippen molar-refractivity contribution in [2.45, 2.75) is 12.5 Å². The van der Waals surface area contributed by atoms with Gasteiger partial charge in [-0.05, 0) is 6.07 Å². The van der Waals surface area contributed by atoms with Crippen molar-refractivity contribution in [3.8, 4) is 0 Å². The quantitative estimate of drug-likeness (QED) is 0.452. The third kappa shape index (κ3) is 2.78. The summed E-state index contributed by atoms with van der Waals surface area (Å²) < 4.78 is 9.02. The van der Waals surface area contributed by atoms with Crippen LogP contribution in [0.15, 0.2) is 16.5 Å². The van der Waals surface area contributed by atoms with Crippen molar-refractivity contribution in [2.75, 3.05) is 7.11 Å². The molecule has 0 radical (unpaired) electrons. The summed E-state index contributed by atoms with van der Waals surface area (Å²) in [5.74, 6) is -1.14. The summed E-state index contributed by atoms with van der Waals surface area (Å²) in [6.45, 7) is 0. The number of aliphatic hydroxyl groups excluding tert-OH is 1. The first-order chi connectivity index (χ1) is 7.04. The Hall–Kier alpha value is -1.89. The van der Waals surface area contributed by atoms with E-state index in [0.717, 1.165) is 6.07 Å². The van der Waals surface area contributed by atoms with Crippen molar-refractivity contribution in [2.24, 2.45) is 0 Å². The molecule has 0 aliphatic heterocycles. The number of furan rings is 1. The minimum Gasteiger partial charge on any atom is -0.469 e. The highest BCUT2D eigenvalue weighted by molar-refractivity contribution is 5.69. The Morgan fingerprint density at radius 2 is 2.40 bits per heavy atom. The van der Waals surface area contributed by atoms with Gasteiger partial charge in [0.05, 0.1) is 19.6 Å². The Kier molecular flexibility index (Phi) is 3.40. The van der Waals surface area contributed by atoms with Gasteiger partial charge in [-0.2, -0.15) is 0 Å². The molecule has 0 saturated heterocycles. The first kappa shape index (κ1) is 11.2. The topological polar surface area (TPSA) is 103 Å². The number of hydrogen-bond donors (Lipinski definition) is 1. The zero-order chi connectivity index (χ0) is 11.4. The maximum Gasteiger partial charge on any atom is 0.433 e. The molecule has 0 aromatic carbocycles. The molecular weight excluding hydrogens is 206 g/mol. The molecule has 0 bridgehead atoms. The lowest BCUT2D eigenvalue weighted by Crippen LogP contribution is -2.07. The lowest BCUT2D eigenvalue weighted by molar-refractivity contribution is -0.402. The van der Waals surface area contributed by atoms with Crippen LogP contribution in [0.2, 0.25) is 0 Å². The molecule has 0 fully saturated rings. The van der Waals surface area contributed by atoms with Crippen LogP contribution in [0.25, 0.3) is 0 Å². The van der Waals surface area contributed by atoms with Gasteiger partial charge < -0.3 is 14.3 Å². The standard InChI is InChI=1S/C8H9NO6/c1-14-8(11)4-5(10)6-2-3-7(15-6)9(12)13/h2-3,5,10H,4H2,1H3/t5-/m1/s1. The van der Waals surface area contributed by atoms with E-state index in [1.54, 1.807) is 0 Å². The molecule has 0 saturated carbocycles. The molecule has 82 valence electrons. The van der Waals surface area contributed by atoms with Crippen molar-refractivity contribution >= 4 is 11.9 Å². The second kappa shape index (κ2) is 4.56. The largest absolute Gasteiger partial charge is 0.469 e. The van der Waals surface area contributed by atoms with Crippen LogP contribution in [0.4, 0.5) is 5.88 Å². The van der Waals surface area contributed by atoms with E-state index in [4.69, 9.17) is 4.42 Å². The van der Waals surface area contributed by atoms with Crippen LogP contribution in [-0.2, 0) is 9.53 Å². The lowest BCUT2D eigenvalue weighted by atomic mass is 10.2. The van der Waals surface area contributed by atoms with Crippen LogP contribution in [0.1, 0.15) is 18.3 Å². The smallest absolute Gasteiger partial charge is 0.433 e. The minimum atomic E-state index is -1.23. The summed E-state index contributed by atoms with van der Waals surface area (Å²) in [6.07, 6.45) is -1.53. The van der Waals surface area contributed by atoms with E-state index in [1.165, 1.54) is 13.2 Å². The molecule has 1 rings (SSSR count). The number of methoxy groups -OCH3 is 1. The van der Waals surface area contributed by atoms with Crippen LogP contribution in [0.5, 0.6) is 0 Å². The number of aliphatic hydroxyl groups is 1. The number of nitro groups is 1. The second-order valence-corrected chi connectivity index (χ2v) is 2.73. The first-order valence-electron chi connectivity index (χ1n) is 4.03. The number of rotatable bonds is 4. The molecule has 15 heavy (non-hydrogen) atoms. The average molecular weight is 215 g/mol. The van der Waals surface area contributed by atoms with E-state index < -0.39 is 22.9 Å². The minimum absolute atomic E-state index is 0.0351. The van der Waals surface area contributed by atoms with Crippen molar-refractivity contribution in [1.82, 2.24) is 0 Å². The molecule has 1 aromatic rings. The monoisotopic (exact) mass is 215 g/mol. The van der Waals surface area contributed by atoms with Crippen molar-refractivity contribution in [3.63, 3.8) is 0 Å². The van der Waals surface area contributed by atoms with Gasteiger partial charge in [0.25, 0.3) is 0 Å². The van der Waals surface area contributed by atoms with Gasteiger partial charge in [-0.1, -0.05) is 0 Å². The van der Waals surface area contributed by atoms with Gasteiger partial charge in [-0.3, -0.25) is 14.9 Å². The van der Waals surface area contributed by atoms with Crippen LogP contribution >= 0.6 is 0 Å². The summed E-state index contributed by atoms with van der Waals surface area (Å²) >= 11 is 0. The van der Waals surface area contributed by atoms with E-state index in [-0.39, 0.29) is 12.2 Å². The molecule has 1 atom stereocenters. The molecule has 7 heteroatoms. The summed E-state index contributed by atoms with van der Waals surface area (Å²) in [6, 6.07) is 2.35. The highest BCUT2D eigenvalue weighted by atomic mass is 16.6. The van der Waals surface area contributed by atoms with Crippen LogP contribution in [0, 0.1) is 10.1 Å². The molecule has 0 unspecified atom stereocenters. The number of ether oxygens (including phenoxy) is 1. The Balaban J connectivity index is 2.69. The molecule has 1 N–H and O–H groups in total. The highest BCUT2D eigenvalue weighted by Gasteiger charge is 2.20. The predicted octanol–water partition coefficient (Wildman–Crippen LogP) is 0.784. The van der Waals surface area contributed by atoms with E-state index in [0.29, 0.717) is 0 Å². The molecule has 0 aliphatic carbocycles. The number of hydrogen-bond acceptors (Lipinski definition) is 6. The maximum atomic E-state index is 10.8. The predicted molar refractivity (Wildman–Crippen MR) is 47.0 cm³/mol. The van der Waals surface area contributed by atoms with Gasteiger partial charge in [0.2, 0.25) is 0 Å². The number of carbonyl (C=O) groups excluding carboxylic acids is 1. The van der Waals surface area contributed by atoms with Crippen LogP contribution in [-0.4, -0.2) is 23.1 Å². The van der Waals surface area contributed by atoms with Crippen molar-refractivity contribution in [1.29, 1.82) is 0 Å². The third-order valence-electron chi connectivity index (χ3n) is 1.71. The van der Waals surface area contributed by atoms with Gasteiger partial charge in [0.1, 0.15) is 16.8 Å². The highest BCUT2D eigenvalue weighted by Crippen LogP contribution is 2.23. The number of carbonyl (C=O) groups is 1. The van der Waals surface area contributed by atoms with Crippen molar-refractivity contribution < 1.29 is 24.0 Å². The molecule has 1 heterocycles. The third-order valence-corrected chi connectivity index (χ3v) is 1.71. The zero-order valence-corrected chi connectivity index (χ0v) is 7.87. The average Bonchev–Trinajstić information content (AvgIpc) is 2.66.